The number of hydrogen-bond donors (Lipinski definition) is 2. The van der Waals surface area contributed by atoms with Crippen molar-refractivity contribution in [1.29, 1.82) is 0 Å². The van der Waals surface area contributed by atoms with Crippen LogP contribution < -0.4 is 11.1 Å². The third kappa shape index (κ3) is 5.46. The second kappa shape index (κ2) is 8.51. The predicted molar refractivity (Wildman–Crippen MR) is 85.0 cm³/mol. The van der Waals surface area contributed by atoms with E-state index in [1.165, 1.54) is 0 Å². The molecule has 2 amide bonds. The lowest BCUT2D eigenvalue weighted by molar-refractivity contribution is -0.133. The first-order valence-electron chi connectivity index (χ1n) is 7.68. The Hall–Kier alpha value is -1.92. The maximum atomic E-state index is 12.5. The molecule has 1 aliphatic heterocycles. The van der Waals surface area contributed by atoms with Gasteiger partial charge in [-0.25, -0.2) is 0 Å². The highest BCUT2D eigenvalue weighted by Gasteiger charge is 2.19. The number of nitrogens with one attached hydrogen (secondary N) is 1. The summed E-state index contributed by atoms with van der Waals surface area (Å²) in [6.07, 6.45) is 0.195. The van der Waals surface area contributed by atoms with Crippen LogP contribution in [-0.4, -0.2) is 60.9 Å². The Balaban J connectivity index is 1.95. The molecule has 2 rings (SSSR count). The number of nitrogens with two attached hydrogens (primary N) is 1. The van der Waals surface area contributed by atoms with Crippen LogP contribution in [0.15, 0.2) is 30.3 Å². The lowest BCUT2D eigenvalue weighted by Crippen LogP contribution is -2.48. The number of primary amides is 1. The minimum atomic E-state index is -0.381. The van der Waals surface area contributed by atoms with Crippen molar-refractivity contribution in [1.82, 2.24) is 15.1 Å². The van der Waals surface area contributed by atoms with Gasteiger partial charge in [-0.05, 0) is 5.56 Å². The number of amides is 2. The van der Waals surface area contributed by atoms with Crippen LogP contribution in [0.25, 0.3) is 0 Å². The van der Waals surface area contributed by atoms with Gasteiger partial charge in [-0.1, -0.05) is 30.3 Å². The van der Waals surface area contributed by atoms with Crippen molar-refractivity contribution < 1.29 is 9.59 Å². The summed E-state index contributed by atoms with van der Waals surface area (Å²) in [4.78, 5) is 27.4. The molecule has 0 aromatic heterocycles. The maximum Gasteiger partial charge on any atom is 0.237 e. The molecule has 0 bridgehead atoms. The third-order valence-corrected chi connectivity index (χ3v) is 3.77. The summed E-state index contributed by atoms with van der Waals surface area (Å²) in [5, 5.41) is 3.27. The topological polar surface area (TPSA) is 78.7 Å². The summed E-state index contributed by atoms with van der Waals surface area (Å²) in [5.41, 5.74) is 6.28. The van der Waals surface area contributed by atoms with E-state index in [-0.39, 0.29) is 18.2 Å². The van der Waals surface area contributed by atoms with Gasteiger partial charge in [0.25, 0.3) is 0 Å². The second-order valence-electron chi connectivity index (χ2n) is 5.54. The van der Waals surface area contributed by atoms with Gasteiger partial charge >= 0.3 is 0 Å². The normalized spacial score (nSPS) is 15.5. The second-order valence-corrected chi connectivity index (χ2v) is 5.54. The van der Waals surface area contributed by atoms with Gasteiger partial charge in [-0.2, -0.15) is 0 Å². The van der Waals surface area contributed by atoms with Crippen LogP contribution in [0, 0.1) is 0 Å². The number of carbonyl (C=O) groups is 2. The molecule has 0 spiro atoms. The fourth-order valence-electron chi connectivity index (χ4n) is 2.50. The van der Waals surface area contributed by atoms with Crippen LogP contribution in [0.5, 0.6) is 0 Å². The van der Waals surface area contributed by atoms with E-state index >= 15 is 0 Å². The molecule has 6 heteroatoms. The molecule has 0 aliphatic carbocycles. The number of nitrogens with zero attached hydrogens (tertiary/aromatic N) is 2. The Labute approximate surface area is 131 Å². The van der Waals surface area contributed by atoms with E-state index in [9.17, 15) is 9.59 Å². The Bertz CT molecular complexity index is 486. The summed E-state index contributed by atoms with van der Waals surface area (Å²) in [5.74, 6) is -0.333. The Morgan fingerprint density at radius 3 is 2.50 bits per heavy atom. The van der Waals surface area contributed by atoms with Gasteiger partial charge in [0.05, 0.1) is 6.54 Å². The molecule has 6 nitrogen and oxygen atoms in total. The van der Waals surface area contributed by atoms with Crippen LogP contribution in [0.1, 0.15) is 12.0 Å². The molecule has 1 aliphatic rings. The Kier molecular flexibility index (Phi) is 6.36. The first-order valence-corrected chi connectivity index (χ1v) is 7.68. The predicted octanol–water partition coefficient (Wildman–Crippen LogP) is -0.204. The van der Waals surface area contributed by atoms with Gasteiger partial charge in [0.15, 0.2) is 0 Å². The molecule has 1 saturated heterocycles. The summed E-state index contributed by atoms with van der Waals surface area (Å²) < 4.78 is 0. The lowest BCUT2D eigenvalue weighted by atomic mass is 10.2. The van der Waals surface area contributed by atoms with Crippen LogP contribution in [0.4, 0.5) is 0 Å². The quantitative estimate of drug-likeness (QED) is 0.731. The minimum absolute atomic E-state index is 0.0482. The van der Waals surface area contributed by atoms with Gasteiger partial charge in [0.2, 0.25) is 11.8 Å². The van der Waals surface area contributed by atoms with E-state index in [0.29, 0.717) is 19.6 Å². The van der Waals surface area contributed by atoms with Crippen molar-refractivity contribution in [3.8, 4) is 0 Å². The van der Waals surface area contributed by atoms with Crippen molar-refractivity contribution >= 4 is 11.8 Å². The van der Waals surface area contributed by atoms with Crippen molar-refractivity contribution in [2.75, 3.05) is 39.3 Å². The zero-order valence-corrected chi connectivity index (χ0v) is 12.8. The molecule has 1 aromatic rings. The highest BCUT2D eigenvalue weighted by Crippen LogP contribution is 2.07. The van der Waals surface area contributed by atoms with E-state index in [1.807, 2.05) is 30.3 Å². The molecular formula is C16H24N4O2. The highest BCUT2D eigenvalue weighted by atomic mass is 16.2. The SMILES string of the molecule is NC(=O)CCN(Cc1ccccc1)C(=O)CN1CCNCC1. The van der Waals surface area contributed by atoms with E-state index in [1.54, 1.807) is 4.90 Å². The lowest BCUT2D eigenvalue weighted by Gasteiger charge is -2.30. The average Bonchev–Trinajstić information content (AvgIpc) is 2.53. The molecule has 120 valence electrons. The van der Waals surface area contributed by atoms with Gasteiger partial charge < -0.3 is 16.0 Å². The van der Waals surface area contributed by atoms with Crippen LogP contribution in [0.3, 0.4) is 0 Å². The summed E-state index contributed by atoms with van der Waals surface area (Å²) in [6, 6.07) is 9.80. The maximum absolute atomic E-state index is 12.5. The van der Waals surface area contributed by atoms with E-state index in [4.69, 9.17) is 5.73 Å². The molecule has 0 radical (unpaired) electrons. The summed E-state index contributed by atoms with van der Waals surface area (Å²) in [6.45, 7) is 4.85. The van der Waals surface area contributed by atoms with Crippen LogP contribution >= 0.6 is 0 Å². The van der Waals surface area contributed by atoms with Crippen LogP contribution in [-0.2, 0) is 16.1 Å². The molecule has 3 N–H and O–H groups in total. The zero-order chi connectivity index (χ0) is 15.8. The van der Waals surface area contributed by atoms with Crippen molar-refractivity contribution in [2.45, 2.75) is 13.0 Å². The van der Waals surface area contributed by atoms with Gasteiger partial charge in [-0.15, -0.1) is 0 Å². The molecule has 1 heterocycles. The Morgan fingerprint density at radius 2 is 1.86 bits per heavy atom. The minimum Gasteiger partial charge on any atom is -0.370 e. The van der Waals surface area contributed by atoms with E-state index in [0.717, 1.165) is 31.7 Å². The summed E-state index contributed by atoms with van der Waals surface area (Å²) in [7, 11) is 0. The third-order valence-electron chi connectivity index (χ3n) is 3.77. The zero-order valence-electron chi connectivity index (χ0n) is 12.8. The largest absolute Gasteiger partial charge is 0.370 e. The van der Waals surface area contributed by atoms with Gasteiger partial charge in [-0.3, -0.25) is 14.5 Å². The smallest absolute Gasteiger partial charge is 0.237 e. The highest BCUT2D eigenvalue weighted by molar-refractivity contribution is 5.79. The van der Waals surface area contributed by atoms with Crippen molar-refractivity contribution in [3.05, 3.63) is 35.9 Å². The summed E-state index contributed by atoms with van der Waals surface area (Å²) >= 11 is 0. The average molecular weight is 304 g/mol. The number of piperazine rings is 1. The molecule has 1 fully saturated rings. The standard InChI is InChI=1S/C16H24N4O2/c17-15(21)6-9-20(12-14-4-2-1-3-5-14)16(22)13-19-10-7-18-8-11-19/h1-5,18H,6-13H2,(H2,17,21). The molecular weight excluding hydrogens is 280 g/mol. The fraction of sp³-hybridized carbons (Fsp3) is 0.500. The van der Waals surface area contributed by atoms with Crippen molar-refractivity contribution in [3.63, 3.8) is 0 Å². The van der Waals surface area contributed by atoms with Crippen molar-refractivity contribution in [2.24, 2.45) is 5.73 Å². The van der Waals surface area contributed by atoms with Gasteiger partial charge in [0.1, 0.15) is 0 Å². The van der Waals surface area contributed by atoms with E-state index < -0.39 is 0 Å². The number of benzene rings is 1. The molecule has 0 unspecified atom stereocenters. The molecule has 22 heavy (non-hydrogen) atoms. The molecule has 1 aromatic carbocycles. The first kappa shape index (κ1) is 16.5. The fourth-order valence-corrected chi connectivity index (χ4v) is 2.50. The van der Waals surface area contributed by atoms with E-state index in [2.05, 4.69) is 10.2 Å². The van der Waals surface area contributed by atoms with Crippen LogP contribution in [0.2, 0.25) is 0 Å². The van der Waals surface area contributed by atoms with Gasteiger partial charge in [0, 0.05) is 45.7 Å². The number of hydrogen-bond acceptors (Lipinski definition) is 4. The monoisotopic (exact) mass is 304 g/mol. The molecule has 0 atom stereocenters. The number of carbonyl (C=O) groups excluding carboxylic acids is 2. The first-order chi connectivity index (χ1) is 10.6. The Morgan fingerprint density at radius 1 is 1.18 bits per heavy atom. The number of rotatable bonds is 7. The molecule has 0 saturated carbocycles.